The highest BCUT2D eigenvalue weighted by molar-refractivity contribution is 5.15. The van der Waals surface area contributed by atoms with E-state index in [1.54, 1.807) is 7.11 Å². The molecule has 0 N–H and O–H groups in total. The van der Waals surface area contributed by atoms with Crippen molar-refractivity contribution in [1.29, 1.82) is 0 Å². The maximum Gasteiger partial charge on any atom is 0.223 e. The van der Waals surface area contributed by atoms with Gasteiger partial charge >= 0.3 is 0 Å². The number of pyridine rings is 1. The predicted octanol–water partition coefficient (Wildman–Crippen LogP) is 1.10. The Labute approximate surface area is 129 Å². The molecule has 1 fully saturated rings. The Balaban J connectivity index is 1.49. The Kier molecular flexibility index (Phi) is 4.65. The van der Waals surface area contributed by atoms with Crippen LogP contribution in [0.3, 0.4) is 0 Å². The average Bonchev–Trinajstić information content (AvgIpc) is 2.94. The Morgan fingerprint density at radius 3 is 2.45 bits per heavy atom. The van der Waals surface area contributed by atoms with Crippen molar-refractivity contribution in [2.75, 3.05) is 33.3 Å². The maximum absolute atomic E-state index is 5.17. The number of aromatic nitrogens is 3. The zero-order chi connectivity index (χ0) is 15.4. The third-order valence-corrected chi connectivity index (χ3v) is 3.78. The molecule has 7 nitrogen and oxygen atoms in total. The second-order valence-electron chi connectivity index (χ2n) is 5.45. The SMILES string of the molecule is COc1cccc(CN2CCN(Cc3noc(C)n3)CC2)n1. The number of rotatable bonds is 5. The van der Waals surface area contributed by atoms with Crippen molar-refractivity contribution in [3.63, 3.8) is 0 Å². The molecule has 0 aliphatic carbocycles. The predicted molar refractivity (Wildman–Crippen MR) is 80.4 cm³/mol. The van der Waals surface area contributed by atoms with Crippen molar-refractivity contribution in [1.82, 2.24) is 24.9 Å². The van der Waals surface area contributed by atoms with E-state index in [4.69, 9.17) is 9.26 Å². The molecule has 0 bridgehead atoms. The largest absolute Gasteiger partial charge is 0.481 e. The quantitative estimate of drug-likeness (QED) is 0.819. The van der Waals surface area contributed by atoms with Gasteiger partial charge in [0, 0.05) is 45.7 Å². The smallest absolute Gasteiger partial charge is 0.223 e. The van der Waals surface area contributed by atoms with Gasteiger partial charge in [0.1, 0.15) is 0 Å². The topological polar surface area (TPSA) is 67.5 Å². The standard InChI is InChI=1S/C15H21N5O2/c1-12-16-14(18-22-12)11-20-8-6-19(7-9-20)10-13-4-3-5-15(17-13)21-2/h3-5H,6-11H2,1-2H3. The minimum absolute atomic E-state index is 0.623. The van der Waals surface area contributed by atoms with E-state index >= 15 is 0 Å². The minimum Gasteiger partial charge on any atom is -0.481 e. The first-order chi connectivity index (χ1) is 10.7. The van der Waals surface area contributed by atoms with Crippen LogP contribution < -0.4 is 4.74 Å². The van der Waals surface area contributed by atoms with Crippen LogP contribution in [0.1, 0.15) is 17.4 Å². The fourth-order valence-corrected chi connectivity index (χ4v) is 2.60. The molecule has 3 heterocycles. The first-order valence-electron chi connectivity index (χ1n) is 7.47. The second-order valence-corrected chi connectivity index (χ2v) is 5.45. The Bertz CT molecular complexity index is 607. The van der Waals surface area contributed by atoms with Crippen LogP contribution in [0.2, 0.25) is 0 Å². The van der Waals surface area contributed by atoms with E-state index < -0.39 is 0 Å². The van der Waals surface area contributed by atoms with Gasteiger partial charge in [0.15, 0.2) is 5.82 Å². The molecule has 0 radical (unpaired) electrons. The molecule has 118 valence electrons. The monoisotopic (exact) mass is 303 g/mol. The summed E-state index contributed by atoms with van der Waals surface area (Å²) < 4.78 is 10.2. The molecule has 1 aliphatic rings. The highest BCUT2D eigenvalue weighted by Gasteiger charge is 2.19. The summed E-state index contributed by atoms with van der Waals surface area (Å²) >= 11 is 0. The second kappa shape index (κ2) is 6.85. The van der Waals surface area contributed by atoms with E-state index in [0.29, 0.717) is 11.8 Å². The fourth-order valence-electron chi connectivity index (χ4n) is 2.60. The summed E-state index contributed by atoms with van der Waals surface area (Å²) in [4.78, 5) is 13.5. The number of aryl methyl sites for hydroxylation is 1. The van der Waals surface area contributed by atoms with Crippen molar-refractivity contribution in [3.8, 4) is 5.88 Å². The third-order valence-electron chi connectivity index (χ3n) is 3.78. The fraction of sp³-hybridized carbons (Fsp3) is 0.533. The lowest BCUT2D eigenvalue weighted by atomic mass is 10.2. The maximum atomic E-state index is 5.17. The Morgan fingerprint density at radius 1 is 1.09 bits per heavy atom. The van der Waals surface area contributed by atoms with Crippen LogP contribution in [0.5, 0.6) is 5.88 Å². The molecule has 2 aromatic heterocycles. The lowest BCUT2D eigenvalue weighted by Gasteiger charge is -2.33. The van der Waals surface area contributed by atoms with Gasteiger partial charge in [0.05, 0.1) is 19.3 Å². The van der Waals surface area contributed by atoms with E-state index in [1.807, 2.05) is 25.1 Å². The molecule has 0 saturated carbocycles. The Hall–Kier alpha value is -1.99. The molecule has 22 heavy (non-hydrogen) atoms. The molecule has 0 spiro atoms. The number of hydrogen-bond acceptors (Lipinski definition) is 7. The summed E-state index contributed by atoms with van der Waals surface area (Å²) in [5.41, 5.74) is 1.04. The first kappa shape index (κ1) is 14.9. The normalized spacial score (nSPS) is 16.8. The van der Waals surface area contributed by atoms with Crippen LogP contribution in [0.15, 0.2) is 22.7 Å². The van der Waals surface area contributed by atoms with Gasteiger partial charge in [0.25, 0.3) is 0 Å². The number of nitrogens with zero attached hydrogens (tertiary/aromatic N) is 5. The molecular weight excluding hydrogens is 282 g/mol. The van der Waals surface area contributed by atoms with Crippen LogP contribution in [-0.4, -0.2) is 58.2 Å². The van der Waals surface area contributed by atoms with E-state index in [1.165, 1.54) is 0 Å². The number of methoxy groups -OCH3 is 1. The third kappa shape index (κ3) is 3.80. The lowest BCUT2D eigenvalue weighted by Crippen LogP contribution is -2.45. The highest BCUT2D eigenvalue weighted by atomic mass is 16.5. The van der Waals surface area contributed by atoms with Crippen LogP contribution in [0.4, 0.5) is 0 Å². The van der Waals surface area contributed by atoms with Crippen molar-refractivity contribution >= 4 is 0 Å². The lowest BCUT2D eigenvalue weighted by molar-refractivity contribution is 0.118. The molecule has 0 amide bonds. The van der Waals surface area contributed by atoms with E-state index in [0.717, 1.165) is 50.8 Å². The summed E-state index contributed by atoms with van der Waals surface area (Å²) in [5, 5.41) is 3.95. The summed E-state index contributed by atoms with van der Waals surface area (Å²) in [6, 6.07) is 5.89. The summed E-state index contributed by atoms with van der Waals surface area (Å²) in [6.45, 7) is 7.44. The van der Waals surface area contributed by atoms with Crippen LogP contribution in [0, 0.1) is 6.92 Å². The van der Waals surface area contributed by atoms with E-state index in [2.05, 4.69) is 24.9 Å². The van der Waals surface area contributed by atoms with Crippen molar-refractivity contribution in [3.05, 3.63) is 35.6 Å². The molecule has 1 saturated heterocycles. The minimum atomic E-state index is 0.623. The Morgan fingerprint density at radius 2 is 1.82 bits per heavy atom. The molecule has 3 rings (SSSR count). The van der Waals surface area contributed by atoms with Gasteiger partial charge in [-0.2, -0.15) is 4.98 Å². The van der Waals surface area contributed by atoms with Crippen LogP contribution in [0.25, 0.3) is 0 Å². The molecular formula is C15H21N5O2. The molecule has 0 atom stereocenters. The van der Waals surface area contributed by atoms with Crippen molar-refractivity contribution in [2.24, 2.45) is 0 Å². The van der Waals surface area contributed by atoms with Crippen molar-refractivity contribution in [2.45, 2.75) is 20.0 Å². The number of hydrogen-bond donors (Lipinski definition) is 0. The van der Waals surface area contributed by atoms with E-state index in [9.17, 15) is 0 Å². The van der Waals surface area contributed by atoms with Gasteiger partial charge in [-0.15, -0.1) is 0 Å². The zero-order valence-electron chi connectivity index (χ0n) is 13.0. The highest BCUT2D eigenvalue weighted by Crippen LogP contribution is 2.12. The summed E-state index contributed by atoms with van der Waals surface area (Å²) in [6.07, 6.45) is 0. The number of ether oxygens (including phenoxy) is 1. The van der Waals surface area contributed by atoms with Gasteiger partial charge < -0.3 is 9.26 Å². The molecule has 7 heteroatoms. The van der Waals surface area contributed by atoms with Gasteiger partial charge in [0.2, 0.25) is 11.8 Å². The van der Waals surface area contributed by atoms with Crippen LogP contribution >= 0.6 is 0 Å². The van der Waals surface area contributed by atoms with Gasteiger partial charge in [-0.3, -0.25) is 9.80 Å². The molecule has 2 aromatic rings. The summed E-state index contributed by atoms with van der Waals surface area (Å²) in [7, 11) is 1.64. The van der Waals surface area contributed by atoms with Gasteiger partial charge in [-0.25, -0.2) is 4.98 Å². The number of piperazine rings is 1. The summed E-state index contributed by atoms with van der Waals surface area (Å²) in [5.74, 6) is 2.06. The average molecular weight is 303 g/mol. The van der Waals surface area contributed by atoms with Crippen molar-refractivity contribution < 1.29 is 9.26 Å². The van der Waals surface area contributed by atoms with Gasteiger partial charge in [-0.05, 0) is 6.07 Å². The molecule has 1 aliphatic heterocycles. The molecule has 0 aromatic carbocycles. The zero-order valence-corrected chi connectivity index (χ0v) is 13.0. The first-order valence-corrected chi connectivity index (χ1v) is 7.47. The van der Waals surface area contributed by atoms with E-state index in [-0.39, 0.29) is 0 Å². The van der Waals surface area contributed by atoms with Gasteiger partial charge in [-0.1, -0.05) is 11.2 Å². The molecule has 0 unspecified atom stereocenters. The van der Waals surface area contributed by atoms with Crippen LogP contribution in [-0.2, 0) is 13.1 Å².